The Bertz CT molecular complexity index is 613. The Labute approximate surface area is 118 Å². The highest BCUT2D eigenvalue weighted by atomic mass is 16.2. The molecule has 1 fully saturated rings. The third-order valence-corrected chi connectivity index (χ3v) is 3.92. The number of aromatic nitrogens is 2. The lowest BCUT2D eigenvalue weighted by Crippen LogP contribution is -2.38. The number of nitrogens with zero attached hydrogens (tertiary/aromatic N) is 2. The van der Waals surface area contributed by atoms with Crippen LogP contribution in [0.2, 0.25) is 0 Å². The van der Waals surface area contributed by atoms with E-state index < -0.39 is 0 Å². The molecule has 5 nitrogen and oxygen atoms in total. The molecule has 1 aromatic heterocycles. The summed E-state index contributed by atoms with van der Waals surface area (Å²) in [6.07, 6.45) is 7.67. The van der Waals surface area contributed by atoms with E-state index in [1.54, 1.807) is 6.33 Å². The van der Waals surface area contributed by atoms with E-state index in [0.29, 0.717) is 6.04 Å². The molecule has 2 amide bonds. The third-order valence-electron chi connectivity index (χ3n) is 3.92. The zero-order chi connectivity index (χ0) is 13.9. The molecule has 0 saturated heterocycles. The normalized spacial score (nSPS) is 16.2. The van der Waals surface area contributed by atoms with Gasteiger partial charge in [0.1, 0.15) is 0 Å². The van der Waals surface area contributed by atoms with Crippen LogP contribution >= 0.6 is 0 Å². The number of hydrogen-bond donors (Lipinski definition) is 2. The molecule has 1 aliphatic rings. The summed E-state index contributed by atoms with van der Waals surface area (Å²) in [6.45, 7) is 0. The molecule has 20 heavy (non-hydrogen) atoms. The largest absolute Gasteiger partial charge is 0.335 e. The quantitative estimate of drug-likeness (QED) is 0.882. The van der Waals surface area contributed by atoms with Gasteiger partial charge in [0.15, 0.2) is 0 Å². The number of carbonyl (C=O) groups excluding carboxylic acids is 1. The Kier molecular flexibility index (Phi) is 3.58. The Morgan fingerprint density at radius 1 is 1.30 bits per heavy atom. The lowest BCUT2D eigenvalue weighted by Gasteiger charge is -2.22. The van der Waals surface area contributed by atoms with Crippen LogP contribution in [-0.4, -0.2) is 21.6 Å². The van der Waals surface area contributed by atoms with Crippen LogP contribution in [0.5, 0.6) is 0 Å². The number of hydrogen-bond acceptors (Lipinski definition) is 2. The van der Waals surface area contributed by atoms with Crippen LogP contribution in [0, 0.1) is 0 Å². The smallest absolute Gasteiger partial charge is 0.319 e. The van der Waals surface area contributed by atoms with Gasteiger partial charge in [-0.3, -0.25) is 0 Å². The van der Waals surface area contributed by atoms with Crippen molar-refractivity contribution >= 4 is 22.8 Å². The van der Waals surface area contributed by atoms with Gasteiger partial charge in [0.05, 0.1) is 17.4 Å². The predicted octanol–water partition coefficient (Wildman–Crippen LogP) is 3.03. The van der Waals surface area contributed by atoms with E-state index in [2.05, 4.69) is 15.6 Å². The number of aryl methyl sites for hydroxylation is 1. The number of rotatable bonds is 2. The van der Waals surface area contributed by atoms with Crippen molar-refractivity contribution in [1.82, 2.24) is 14.9 Å². The van der Waals surface area contributed by atoms with Gasteiger partial charge in [0.25, 0.3) is 0 Å². The topological polar surface area (TPSA) is 59.0 Å². The molecule has 106 valence electrons. The molecule has 1 aliphatic carbocycles. The molecule has 0 radical (unpaired) electrons. The van der Waals surface area contributed by atoms with Gasteiger partial charge in [0, 0.05) is 18.8 Å². The minimum Gasteiger partial charge on any atom is -0.335 e. The average Bonchev–Trinajstić information content (AvgIpc) is 2.81. The minimum atomic E-state index is -0.118. The van der Waals surface area contributed by atoms with E-state index in [-0.39, 0.29) is 6.03 Å². The van der Waals surface area contributed by atoms with Crippen LogP contribution in [0.25, 0.3) is 11.0 Å². The van der Waals surface area contributed by atoms with E-state index in [0.717, 1.165) is 29.6 Å². The first-order chi connectivity index (χ1) is 9.72. The summed E-state index contributed by atoms with van der Waals surface area (Å²) in [5.41, 5.74) is 2.73. The Balaban J connectivity index is 1.64. The van der Waals surface area contributed by atoms with Crippen molar-refractivity contribution in [2.45, 2.75) is 38.1 Å². The maximum atomic E-state index is 12.0. The van der Waals surface area contributed by atoms with Gasteiger partial charge in [-0.2, -0.15) is 0 Å². The molecule has 5 heteroatoms. The first-order valence-corrected chi connectivity index (χ1v) is 7.21. The summed E-state index contributed by atoms with van der Waals surface area (Å²) >= 11 is 0. The monoisotopic (exact) mass is 272 g/mol. The summed E-state index contributed by atoms with van der Waals surface area (Å²) in [5.74, 6) is 0. The van der Waals surface area contributed by atoms with Gasteiger partial charge in [0.2, 0.25) is 0 Å². The Morgan fingerprint density at radius 3 is 2.90 bits per heavy atom. The minimum absolute atomic E-state index is 0.118. The molecule has 0 bridgehead atoms. The maximum Gasteiger partial charge on any atom is 0.319 e. The molecular formula is C15H20N4O. The van der Waals surface area contributed by atoms with Crippen molar-refractivity contribution in [2.24, 2.45) is 7.05 Å². The molecule has 1 aromatic carbocycles. The fraction of sp³-hybridized carbons (Fsp3) is 0.467. The number of anilines is 1. The van der Waals surface area contributed by atoms with Crippen LogP contribution in [0.1, 0.15) is 32.1 Å². The second kappa shape index (κ2) is 5.53. The summed E-state index contributed by atoms with van der Waals surface area (Å²) in [5, 5.41) is 5.94. The van der Waals surface area contributed by atoms with E-state index in [4.69, 9.17) is 0 Å². The molecule has 0 atom stereocenters. The molecule has 0 unspecified atom stereocenters. The van der Waals surface area contributed by atoms with Crippen molar-refractivity contribution in [2.75, 3.05) is 5.32 Å². The second-order valence-electron chi connectivity index (χ2n) is 5.49. The van der Waals surface area contributed by atoms with Gasteiger partial charge in [-0.05, 0) is 31.0 Å². The molecule has 0 aliphatic heterocycles. The lowest BCUT2D eigenvalue weighted by molar-refractivity contribution is 0.244. The number of nitrogens with one attached hydrogen (secondary N) is 2. The van der Waals surface area contributed by atoms with Gasteiger partial charge < -0.3 is 15.2 Å². The number of amides is 2. The van der Waals surface area contributed by atoms with Crippen molar-refractivity contribution in [3.05, 3.63) is 24.5 Å². The highest BCUT2D eigenvalue weighted by Gasteiger charge is 2.15. The number of imidazole rings is 1. The summed E-state index contributed by atoms with van der Waals surface area (Å²) in [7, 11) is 1.96. The van der Waals surface area contributed by atoms with Crippen LogP contribution in [0.3, 0.4) is 0 Å². The number of fused-ring (bicyclic) bond motifs is 1. The van der Waals surface area contributed by atoms with Gasteiger partial charge in [-0.15, -0.1) is 0 Å². The fourth-order valence-corrected chi connectivity index (χ4v) is 2.81. The summed E-state index contributed by atoms with van der Waals surface area (Å²) < 4.78 is 1.96. The first-order valence-electron chi connectivity index (χ1n) is 7.21. The van der Waals surface area contributed by atoms with Crippen molar-refractivity contribution in [3.8, 4) is 0 Å². The Morgan fingerprint density at radius 2 is 2.10 bits per heavy atom. The highest BCUT2D eigenvalue weighted by Crippen LogP contribution is 2.19. The maximum absolute atomic E-state index is 12.0. The Hall–Kier alpha value is -2.04. The van der Waals surface area contributed by atoms with Gasteiger partial charge in [-0.1, -0.05) is 19.3 Å². The molecule has 3 rings (SSSR count). The van der Waals surface area contributed by atoms with Crippen molar-refractivity contribution < 1.29 is 4.79 Å². The summed E-state index contributed by atoms with van der Waals surface area (Å²) in [6, 6.07) is 5.98. The SMILES string of the molecule is Cn1cnc2cc(NC(=O)NC3CCCCC3)ccc21. The standard InChI is InChI=1S/C15H20N4O/c1-19-10-16-13-9-12(7-8-14(13)19)18-15(20)17-11-5-3-2-4-6-11/h7-11H,2-6H2,1H3,(H2,17,18,20). The van der Waals surface area contributed by atoms with E-state index in [1.807, 2.05) is 29.8 Å². The number of benzene rings is 1. The molecular weight excluding hydrogens is 252 g/mol. The molecule has 1 saturated carbocycles. The summed E-state index contributed by atoms with van der Waals surface area (Å²) in [4.78, 5) is 16.3. The van der Waals surface area contributed by atoms with Crippen LogP contribution in [-0.2, 0) is 7.05 Å². The first kappa shape index (κ1) is 13.0. The van der Waals surface area contributed by atoms with Crippen molar-refractivity contribution in [1.29, 1.82) is 0 Å². The van der Waals surface area contributed by atoms with Gasteiger partial charge >= 0.3 is 6.03 Å². The highest BCUT2D eigenvalue weighted by molar-refractivity contribution is 5.92. The van der Waals surface area contributed by atoms with E-state index >= 15 is 0 Å². The fourth-order valence-electron chi connectivity index (χ4n) is 2.81. The van der Waals surface area contributed by atoms with Crippen molar-refractivity contribution in [3.63, 3.8) is 0 Å². The number of urea groups is 1. The second-order valence-corrected chi connectivity index (χ2v) is 5.49. The third kappa shape index (κ3) is 2.76. The van der Waals surface area contributed by atoms with E-state index in [1.165, 1.54) is 19.3 Å². The van der Waals surface area contributed by atoms with Crippen LogP contribution in [0.4, 0.5) is 10.5 Å². The predicted molar refractivity (Wildman–Crippen MR) is 79.7 cm³/mol. The molecule has 2 aromatic rings. The lowest BCUT2D eigenvalue weighted by atomic mass is 9.96. The van der Waals surface area contributed by atoms with Gasteiger partial charge in [-0.25, -0.2) is 9.78 Å². The molecule has 1 heterocycles. The average molecular weight is 272 g/mol. The van der Waals surface area contributed by atoms with E-state index in [9.17, 15) is 4.79 Å². The van der Waals surface area contributed by atoms with Crippen LogP contribution < -0.4 is 10.6 Å². The molecule has 0 spiro atoms. The van der Waals surface area contributed by atoms with Crippen LogP contribution in [0.15, 0.2) is 24.5 Å². The zero-order valence-corrected chi connectivity index (χ0v) is 11.7. The zero-order valence-electron chi connectivity index (χ0n) is 11.7. The number of carbonyl (C=O) groups is 1. The molecule has 2 N–H and O–H groups in total.